The zero-order valence-corrected chi connectivity index (χ0v) is 14.8. The number of aryl methyl sites for hydroxylation is 2. The third-order valence-corrected chi connectivity index (χ3v) is 5.06. The second kappa shape index (κ2) is 5.99. The van der Waals surface area contributed by atoms with Gasteiger partial charge in [0.25, 0.3) is 5.91 Å². The second-order valence-electron chi connectivity index (χ2n) is 6.80. The number of imidazole rings is 1. The molecule has 128 valence electrons. The van der Waals surface area contributed by atoms with Crippen LogP contribution in [0.15, 0.2) is 42.6 Å². The number of hydrogen-bond donors (Lipinski definition) is 0. The number of aromatic nitrogens is 3. The van der Waals surface area contributed by atoms with Crippen LogP contribution in [0.4, 0.5) is 0 Å². The number of carbonyl (C=O) groups is 1. The molecule has 25 heavy (non-hydrogen) atoms. The highest BCUT2D eigenvalue weighted by molar-refractivity contribution is 5.98. The summed E-state index contributed by atoms with van der Waals surface area (Å²) in [5, 5.41) is 0. The van der Waals surface area contributed by atoms with Crippen LogP contribution in [-0.4, -0.2) is 31.4 Å². The van der Waals surface area contributed by atoms with Gasteiger partial charge in [0.15, 0.2) is 0 Å². The van der Waals surface area contributed by atoms with Gasteiger partial charge in [-0.1, -0.05) is 6.07 Å². The van der Waals surface area contributed by atoms with Gasteiger partial charge in [-0.3, -0.25) is 9.78 Å². The van der Waals surface area contributed by atoms with E-state index in [0.717, 1.165) is 35.4 Å². The quantitative estimate of drug-likeness (QED) is 0.732. The molecule has 0 aliphatic heterocycles. The normalized spacial score (nSPS) is 15.3. The molecular weight excluding hydrogens is 312 g/mol. The van der Waals surface area contributed by atoms with Gasteiger partial charge in [0.1, 0.15) is 5.82 Å². The van der Waals surface area contributed by atoms with Crippen LogP contribution in [0.2, 0.25) is 0 Å². The molecule has 1 aliphatic rings. The van der Waals surface area contributed by atoms with E-state index in [9.17, 15) is 4.79 Å². The molecule has 1 aliphatic carbocycles. The summed E-state index contributed by atoms with van der Waals surface area (Å²) in [5.41, 5.74) is 3.54. The Labute approximate surface area is 147 Å². The van der Waals surface area contributed by atoms with Crippen molar-refractivity contribution in [2.45, 2.75) is 38.8 Å². The zero-order chi connectivity index (χ0) is 17.6. The number of fused-ring (bicyclic) bond motifs is 1. The fourth-order valence-corrected chi connectivity index (χ4v) is 3.38. The highest BCUT2D eigenvalue weighted by Gasteiger charge is 2.37. The first kappa shape index (κ1) is 15.8. The van der Waals surface area contributed by atoms with Crippen LogP contribution in [0.1, 0.15) is 47.7 Å². The number of pyridine rings is 1. The molecule has 0 bridgehead atoms. The van der Waals surface area contributed by atoms with Crippen LogP contribution >= 0.6 is 0 Å². The molecule has 1 saturated carbocycles. The standard InChI is InChI=1S/C20H22N4O/c1-13(17-6-4-5-11-21-17)24(16-8-9-16)20(25)15-7-10-19-18(12-15)22-14(2)23(19)3/h4-7,10-13,16H,8-9H2,1-3H3. The number of nitrogens with zero attached hydrogens (tertiary/aromatic N) is 4. The lowest BCUT2D eigenvalue weighted by atomic mass is 10.1. The van der Waals surface area contributed by atoms with Gasteiger partial charge in [-0.25, -0.2) is 4.98 Å². The summed E-state index contributed by atoms with van der Waals surface area (Å²) in [7, 11) is 1.99. The number of carbonyl (C=O) groups excluding carboxylic acids is 1. The van der Waals surface area contributed by atoms with Crippen molar-refractivity contribution in [1.82, 2.24) is 19.4 Å². The number of amides is 1. The van der Waals surface area contributed by atoms with Gasteiger partial charge in [0.05, 0.1) is 22.8 Å². The fourth-order valence-electron chi connectivity index (χ4n) is 3.38. The Kier molecular flexibility index (Phi) is 3.79. The minimum atomic E-state index is -0.0395. The van der Waals surface area contributed by atoms with E-state index in [4.69, 9.17) is 0 Å². The van der Waals surface area contributed by atoms with Gasteiger partial charge in [0.2, 0.25) is 0 Å². The van der Waals surface area contributed by atoms with Crippen LogP contribution in [0, 0.1) is 6.92 Å². The van der Waals surface area contributed by atoms with Crippen LogP contribution in [-0.2, 0) is 7.05 Å². The van der Waals surface area contributed by atoms with Gasteiger partial charge in [0, 0.05) is 24.8 Å². The minimum absolute atomic E-state index is 0.0395. The maximum Gasteiger partial charge on any atom is 0.254 e. The third kappa shape index (κ3) is 2.80. The minimum Gasteiger partial charge on any atom is -0.331 e. The van der Waals surface area contributed by atoms with E-state index in [1.165, 1.54) is 0 Å². The Hall–Kier alpha value is -2.69. The van der Waals surface area contributed by atoms with E-state index in [2.05, 4.69) is 16.9 Å². The average Bonchev–Trinajstić information content (AvgIpc) is 3.42. The maximum atomic E-state index is 13.2. The largest absolute Gasteiger partial charge is 0.331 e. The van der Waals surface area contributed by atoms with Crippen molar-refractivity contribution in [2.24, 2.45) is 7.05 Å². The lowest BCUT2D eigenvalue weighted by Gasteiger charge is -2.29. The average molecular weight is 334 g/mol. The molecule has 0 N–H and O–H groups in total. The van der Waals surface area contributed by atoms with Crippen molar-refractivity contribution in [3.05, 3.63) is 59.7 Å². The fraction of sp³-hybridized carbons (Fsp3) is 0.350. The third-order valence-electron chi connectivity index (χ3n) is 5.06. The summed E-state index contributed by atoms with van der Waals surface area (Å²) in [6, 6.07) is 11.9. The van der Waals surface area contributed by atoms with Crippen LogP contribution in [0.25, 0.3) is 11.0 Å². The van der Waals surface area contributed by atoms with Crippen molar-refractivity contribution in [2.75, 3.05) is 0 Å². The predicted molar refractivity (Wildman–Crippen MR) is 97.3 cm³/mol. The first-order chi connectivity index (χ1) is 12.1. The molecule has 3 aromatic rings. The molecule has 1 atom stereocenters. The molecular formula is C20H22N4O. The van der Waals surface area contributed by atoms with Gasteiger partial charge < -0.3 is 9.47 Å². The van der Waals surface area contributed by atoms with E-state index < -0.39 is 0 Å². The predicted octanol–water partition coefficient (Wildman–Crippen LogP) is 3.64. The monoisotopic (exact) mass is 334 g/mol. The summed E-state index contributed by atoms with van der Waals surface area (Å²) >= 11 is 0. The first-order valence-electron chi connectivity index (χ1n) is 8.73. The van der Waals surface area contributed by atoms with E-state index >= 15 is 0 Å². The van der Waals surface area contributed by atoms with Gasteiger partial charge >= 0.3 is 0 Å². The molecule has 1 fully saturated rings. The smallest absolute Gasteiger partial charge is 0.254 e. The van der Waals surface area contributed by atoms with Crippen LogP contribution in [0.5, 0.6) is 0 Å². The van der Waals surface area contributed by atoms with Crippen molar-refractivity contribution in [1.29, 1.82) is 0 Å². The lowest BCUT2D eigenvalue weighted by Crippen LogP contribution is -2.35. The highest BCUT2D eigenvalue weighted by Crippen LogP contribution is 2.35. The molecule has 1 aromatic carbocycles. The SMILES string of the molecule is Cc1nc2cc(C(=O)N(C3CC3)C(C)c3ccccn3)ccc2n1C. The van der Waals surface area contributed by atoms with E-state index in [1.54, 1.807) is 6.20 Å². The topological polar surface area (TPSA) is 51.0 Å². The maximum absolute atomic E-state index is 13.2. The molecule has 4 rings (SSSR count). The second-order valence-corrected chi connectivity index (χ2v) is 6.80. The number of hydrogen-bond acceptors (Lipinski definition) is 3. The highest BCUT2D eigenvalue weighted by atomic mass is 16.2. The molecule has 1 amide bonds. The number of benzene rings is 1. The lowest BCUT2D eigenvalue weighted by molar-refractivity contribution is 0.0670. The van der Waals surface area contributed by atoms with Crippen molar-refractivity contribution in [3.8, 4) is 0 Å². The molecule has 1 unspecified atom stereocenters. The van der Waals surface area contributed by atoms with E-state index in [0.29, 0.717) is 11.6 Å². The molecule has 2 heterocycles. The van der Waals surface area contributed by atoms with Crippen molar-refractivity contribution < 1.29 is 4.79 Å². The molecule has 5 heteroatoms. The van der Waals surface area contributed by atoms with Crippen molar-refractivity contribution >= 4 is 16.9 Å². The van der Waals surface area contributed by atoms with E-state index in [1.807, 2.05) is 59.8 Å². The molecule has 0 spiro atoms. The van der Waals surface area contributed by atoms with Gasteiger partial charge in [-0.05, 0) is 57.0 Å². The zero-order valence-electron chi connectivity index (χ0n) is 14.8. The molecule has 0 radical (unpaired) electrons. The molecule has 0 saturated heterocycles. The summed E-state index contributed by atoms with van der Waals surface area (Å²) in [6.07, 6.45) is 3.91. The van der Waals surface area contributed by atoms with Gasteiger partial charge in [-0.2, -0.15) is 0 Å². The Morgan fingerprint density at radius 3 is 2.76 bits per heavy atom. The summed E-state index contributed by atoms with van der Waals surface area (Å²) in [5.74, 6) is 1.01. The molecule has 2 aromatic heterocycles. The Morgan fingerprint density at radius 2 is 2.08 bits per heavy atom. The van der Waals surface area contributed by atoms with Gasteiger partial charge in [-0.15, -0.1) is 0 Å². The Morgan fingerprint density at radius 1 is 1.28 bits per heavy atom. The first-order valence-corrected chi connectivity index (χ1v) is 8.73. The summed E-state index contributed by atoms with van der Waals surface area (Å²) in [4.78, 5) is 24.2. The van der Waals surface area contributed by atoms with Crippen molar-refractivity contribution in [3.63, 3.8) is 0 Å². The Balaban J connectivity index is 1.69. The Bertz CT molecular complexity index is 928. The number of rotatable bonds is 4. The van der Waals surface area contributed by atoms with Crippen LogP contribution in [0.3, 0.4) is 0 Å². The molecule has 5 nitrogen and oxygen atoms in total. The summed E-state index contributed by atoms with van der Waals surface area (Å²) in [6.45, 7) is 4.03. The van der Waals surface area contributed by atoms with E-state index in [-0.39, 0.29) is 11.9 Å². The summed E-state index contributed by atoms with van der Waals surface area (Å²) < 4.78 is 2.04. The van der Waals surface area contributed by atoms with Crippen LogP contribution < -0.4 is 0 Å².